The van der Waals surface area contributed by atoms with Gasteiger partial charge in [0, 0.05) is 31.9 Å². The summed E-state index contributed by atoms with van der Waals surface area (Å²) in [4.78, 5) is 4.75. The van der Waals surface area contributed by atoms with Crippen LogP contribution in [0.1, 0.15) is 12.8 Å². The summed E-state index contributed by atoms with van der Waals surface area (Å²) in [5.41, 5.74) is 2.39. The van der Waals surface area contributed by atoms with Gasteiger partial charge >= 0.3 is 0 Å². The highest BCUT2D eigenvalue weighted by atomic mass is 16.3. The maximum absolute atomic E-state index is 9.30. The quantitative estimate of drug-likeness (QED) is 0.728. The van der Waals surface area contributed by atoms with E-state index in [2.05, 4.69) is 29.0 Å². The molecule has 0 aromatic heterocycles. The summed E-state index contributed by atoms with van der Waals surface area (Å²) in [5, 5.41) is 9.30. The summed E-state index contributed by atoms with van der Waals surface area (Å²) < 4.78 is 0. The predicted molar refractivity (Wildman–Crippen MR) is 61.6 cm³/mol. The van der Waals surface area contributed by atoms with Gasteiger partial charge in [-0.05, 0) is 25.5 Å². The molecule has 1 N–H and O–H groups in total. The third-order valence-corrected chi connectivity index (χ3v) is 3.24. The van der Waals surface area contributed by atoms with Gasteiger partial charge < -0.3 is 14.9 Å². The highest BCUT2D eigenvalue weighted by molar-refractivity contribution is 5.33. The molecule has 0 radical (unpaired) electrons. The van der Waals surface area contributed by atoms with Crippen molar-refractivity contribution in [2.75, 3.05) is 39.8 Å². The number of hydrogen-bond acceptors (Lipinski definition) is 3. The third-order valence-electron chi connectivity index (χ3n) is 3.24. The molecule has 1 aliphatic heterocycles. The number of allylic oxidation sites excluding steroid dienone is 2. The van der Waals surface area contributed by atoms with Gasteiger partial charge in [-0.15, -0.1) is 0 Å². The van der Waals surface area contributed by atoms with E-state index in [1.165, 1.54) is 5.70 Å². The van der Waals surface area contributed by atoms with Crippen molar-refractivity contribution >= 4 is 0 Å². The second kappa shape index (κ2) is 4.81. The zero-order chi connectivity index (χ0) is 10.7. The Morgan fingerprint density at radius 3 is 2.47 bits per heavy atom. The maximum Gasteiger partial charge on any atom is 0.0698 e. The van der Waals surface area contributed by atoms with E-state index in [9.17, 15) is 5.11 Å². The predicted octanol–water partition coefficient (Wildman–Crippen LogP) is 0.830. The summed E-state index contributed by atoms with van der Waals surface area (Å²) >= 11 is 0. The van der Waals surface area contributed by atoms with Crippen LogP contribution < -0.4 is 0 Å². The fourth-order valence-corrected chi connectivity index (χ4v) is 2.24. The number of likely N-dealkylation sites (N-methyl/N-ethyl adjacent to an activating group) is 1. The highest BCUT2D eigenvalue weighted by Gasteiger charge is 2.19. The van der Waals surface area contributed by atoms with Gasteiger partial charge in [0.1, 0.15) is 0 Å². The lowest BCUT2D eigenvalue weighted by atomic mass is 10.0. The lowest BCUT2D eigenvalue weighted by Crippen LogP contribution is -2.44. The minimum Gasteiger partial charge on any atom is -0.392 e. The minimum atomic E-state index is 0.179. The molecule has 2 aliphatic rings. The first-order valence-electron chi connectivity index (χ1n) is 5.75. The van der Waals surface area contributed by atoms with Gasteiger partial charge in [0.05, 0.1) is 6.61 Å². The summed E-state index contributed by atoms with van der Waals surface area (Å²) in [6, 6.07) is 0. The van der Waals surface area contributed by atoms with Gasteiger partial charge in [0.25, 0.3) is 0 Å². The van der Waals surface area contributed by atoms with Crippen molar-refractivity contribution in [3.63, 3.8) is 0 Å². The second-order valence-corrected chi connectivity index (χ2v) is 4.34. The van der Waals surface area contributed by atoms with Gasteiger partial charge in [-0.2, -0.15) is 0 Å². The molecule has 0 spiro atoms. The first kappa shape index (κ1) is 10.7. The zero-order valence-corrected chi connectivity index (χ0v) is 9.45. The van der Waals surface area contributed by atoms with Gasteiger partial charge in [0.2, 0.25) is 0 Å². The Kier molecular flexibility index (Phi) is 3.44. The Labute approximate surface area is 91.7 Å². The summed E-state index contributed by atoms with van der Waals surface area (Å²) in [7, 11) is 2.16. The van der Waals surface area contributed by atoms with Gasteiger partial charge in [-0.3, -0.25) is 0 Å². The van der Waals surface area contributed by atoms with E-state index in [1.807, 2.05) is 0 Å². The molecule has 0 atom stereocenters. The van der Waals surface area contributed by atoms with Crippen molar-refractivity contribution in [1.82, 2.24) is 9.80 Å². The summed E-state index contributed by atoms with van der Waals surface area (Å²) in [6.07, 6.45) is 6.64. The van der Waals surface area contributed by atoms with E-state index in [4.69, 9.17) is 0 Å². The molecular formula is C12H20N2O. The van der Waals surface area contributed by atoms with Crippen LogP contribution in [-0.2, 0) is 0 Å². The molecule has 0 unspecified atom stereocenters. The average Bonchev–Trinajstić information content (AvgIpc) is 2.30. The Balaban J connectivity index is 2.03. The van der Waals surface area contributed by atoms with Crippen molar-refractivity contribution in [2.45, 2.75) is 12.8 Å². The molecule has 0 aromatic rings. The normalized spacial score (nSPS) is 23.7. The van der Waals surface area contributed by atoms with Crippen LogP contribution in [0.15, 0.2) is 23.4 Å². The van der Waals surface area contributed by atoms with Crippen LogP contribution in [0.5, 0.6) is 0 Å². The molecule has 1 heterocycles. The molecule has 1 saturated heterocycles. The average molecular weight is 208 g/mol. The Hall–Kier alpha value is -0.800. The van der Waals surface area contributed by atoms with Crippen LogP contribution in [0, 0.1) is 0 Å². The van der Waals surface area contributed by atoms with Crippen molar-refractivity contribution in [3.8, 4) is 0 Å². The third kappa shape index (κ3) is 2.41. The van der Waals surface area contributed by atoms with Crippen LogP contribution >= 0.6 is 0 Å². The Morgan fingerprint density at radius 1 is 1.13 bits per heavy atom. The van der Waals surface area contributed by atoms with E-state index >= 15 is 0 Å². The molecule has 84 valence electrons. The van der Waals surface area contributed by atoms with Crippen molar-refractivity contribution < 1.29 is 5.11 Å². The molecule has 3 nitrogen and oxygen atoms in total. The topological polar surface area (TPSA) is 26.7 Å². The van der Waals surface area contributed by atoms with E-state index in [-0.39, 0.29) is 6.61 Å². The lowest BCUT2D eigenvalue weighted by Gasteiger charge is -2.37. The fourth-order valence-electron chi connectivity index (χ4n) is 2.24. The van der Waals surface area contributed by atoms with E-state index in [0.29, 0.717) is 0 Å². The molecule has 1 aliphatic carbocycles. The minimum absolute atomic E-state index is 0.179. The van der Waals surface area contributed by atoms with Crippen LogP contribution in [-0.4, -0.2) is 54.7 Å². The summed E-state index contributed by atoms with van der Waals surface area (Å²) in [5.74, 6) is 0. The molecule has 0 aromatic carbocycles. The standard InChI is InChI=1S/C12H20N2O/c1-13-6-8-14(9-7-13)12-5-3-2-4-11(12)10-15/h4-5,15H,2-3,6-10H2,1H3. The number of hydrogen-bond donors (Lipinski definition) is 1. The van der Waals surface area contributed by atoms with E-state index < -0.39 is 0 Å². The second-order valence-electron chi connectivity index (χ2n) is 4.34. The molecular weight excluding hydrogens is 188 g/mol. The number of nitrogens with zero attached hydrogens (tertiary/aromatic N) is 2. The van der Waals surface area contributed by atoms with E-state index in [0.717, 1.165) is 44.6 Å². The molecule has 3 heteroatoms. The first-order valence-corrected chi connectivity index (χ1v) is 5.75. The number of piperazine rings is 1. The maximum atomic E-state index is 9.30. The number of rotatable bonds is 2. The van der Waals surface area contributed by atoms with E-state index in [1.54, 1.807) is 0 Å². The van der Waals surface area contributed by atoms with Crippen LogP contribution in [0.4, 0.5) is 0 Å². The first-order chi connectivity index (χ1) is 7.31. The van der Waals surface area contributed by atoms with Gasteiger partial charge in [-0.1, -0.05) is 12.2 Å². The van der Waals surface area contributed by atoms with Crippen LogP contribution in [0.25, 0.3) is 0 Å². The van der Waals surface area contributed by atoms with Crippen molar-refractivity contribution in [1.29, 1.82) is 0 Å². The van der Waals surface area contributed by atoms with Gasteiger partial charge in [-0.25, -0.2) is 0 Å². The van der Waals surface area contributed by atoms with Crippen LogP contribution in [0.2, 0.25) is 0 Å². The number of aliphatic hydroxyl groups excluding tert-OH is 1. The molecule has 2 rings (SSSR count). The molecule has 0 amide bonds. The van der Waals surface area contributed by atoms with Crippen LogP contribution in [0.3, 0.4) is 0 Å². The molecule has 0 saturated carbocycles. The molecule has 1 fully saturated rings. The SMILES string of the molecule is CN1CCN(C2=CCCC=C2CO)CC1. The van der Waals surface area contributed by atoms with Crippen molar-refractivity contribution in [3.05, 3.63) is 23.4 Å². The Morgan fingerprint density at radius 2 is 1.80 bits per heavy atom. The highest BCUT2D eigenvalue weighted by Crippen LogP contribution is 2.22. The zero-order valence-electron chi connectivity index (χ0n) is 9.45. The summed E-state index contributed by atoms with van der Waals surface area (Å²) in [6.45, 7) is 4.59. The largest absolute Gasteiger partial charge is 0.392 e. The monoisotopic (exact) mass is 208 g/mol. The van der Waals surface area contributed by atoms with Gasteiger partial charge in [0.15, 0.2) is 0 Å². The molecule has 0 bridgehead atoms. The Bertz CT molecular complexity index is 275. The number of aliphatic hydroxyl groups is 1. The lowest BCUT2D eigenvalue weighted by molar-refractivity contribution is 0.184. The smallest absolute Gasteiger partial charge is 0.0698 e. The molecule has 15 heavy (non-hydrogen) atoms. The van der Waals surface area contributed by atoms with Crippen molar-refractivity contribution in [2.24, 2.45) is 0 Å². The fraction of sp³-hybridized carbons (Fsp3) is 0.667.